The highest BCUT2D eigenvalue weighted by Gasteiger charge is 2.32. The highest BCUT2D eigenvalue weighted by Crippen LogP contribution is 2.45. The number of aromatic nitrogens is 1. The first-order valence-corrected chi connectivity index (χ1v) is 20.0. The average molecular weight is 744 g/mol. The molecule has 56 heavy (non-hydrogen) atoms. The van der Waals surface area contributed by atoms with Crippen LogP contribution in [0.3, 0.4) is 0 Å². The van der Waals surface area contributed by atoms with Crippen LogP contribution in [-0.4, -0.2) is 61.2 Å². The third-order valence-corrected chi connectivity index (χ3v) is 11.2. The number of carbonyl (C=O) groups excluding carboxylic acids is 1. The number of amides is 1. The highest BCUT2D eigenvalue weighted by molar-refractivity contribution is 6.04. The molecule has 4 aliphatic rings. The average Bonchev–Trinajstić information content (AvgIpc) is 3.23. The molecule has 0 fully saturated rings. The number of benzene rings is 5. The molecule has 8 rings (SSSR count). The zero-order chi connectivity index (χ0) is 38.9. The van der Waals surface area contributed by atoms with Crippen molar-refractivity contribution in [2.45, 2.75) is 47.6 Å². The molecular formula is C48H49N5O3. The topological polar surface area (TPSA) is 74.4 Å². The van der Waals surface area contributed by atoms with Crippen LogP contribution in [0, 0.1) is 0 Å². The van der Waals surface area contributed by atoms with E-state index in [-0.39, 0.29) is 12.0 Å². The van der Waals surface area contributed by atoms with Crippen molar-refractivity contribution in [1.82, 2.24) is 9.88 Å². The molecule has 0 radical (unpaired) electrons. The summed E-state index contributed by atoms with van der Waals surface area (Å²) in [4.78, 5) is 31.5. The Hall–Kier alpha value is -6.15. The van der Waals surface area contributed by atoms with E-state index in [1.807, 2.05) is 66.7 Å². The Labute approximate surface area is 329 Å². The molecule has 1 atom stereocenters. The zero-order valence-electron chi connectivity index (χ0n) is 33.2. The van der Waals surface area contributed by atoms with E-state index in [9.17, 15) is 4.79 Å². The fourth-order valence-electron chi connectivity index (χ4n) is 8.25. The number of rotatable bonds is 11. The number of nitrogens with zero attached hydrogens (tertiary/aromatic N) is 5. The minimum Gasteiger partial charge on any atom is -0.481 e. The van der Waals surface area contributed by atoms with Gasteiger partial charge in [-0.25, -0.2) is 9.98 Å². The molecule has 2 aliphatic heterocycles. The molecule has 0 saturated carbocycles. The normalized spacial score (nSPS) is 15.1. The molecule has 8 nitrogen and oxygen atoms in total. The van der Waals surface area contributed by atoms with Gasteiger partial charge in [0.1, 0.15) is 23.1 Å². The first kappa shape index (κ1) is 36.8. The number of allylic oxidation sites excluding steroid dienone is 1. The van der Waals surface area contributed by atoms with E-state index in [1.165, 1.54) is 0 Å². The summed E-state index contributed by atoms with van der Waals surface area (Å²) in [7, 11) is 0. The molecule has 1 amide bonds. The van der Waals surface area contributed by atoms with Crippen LogP contribution < -0.4 is 19.9 Å². The van der Waals surface area contributed by atoms with Gasteiger partial charge < -0.3 is 23.9 Å². The largest absolute Gasteiger partial charge is 0.481 e. The van der Waals surface area contributed by atoms with E-state index in [0.717, 1.165) is 106 Å². The van der Waals surface area contributed by atoms with Crippen LogP contribution in [0.25, 0.3) is 38.9 Å². The van der Waals surface area contributed by atoms with E-state index >= 15 is 0 Å². The fourth-order valence-corrected chi connectivity index (χ4v) is 8.25. The summed E-state index contributed by atoms with van der Waals surface area (Å²) in [6.07, 6.45) is 6.21. The van der Waals surface area contributed by atoms with Gasteiger partial charge in [-0.15, -0.1) is 0 Å². The molecule has 284 valence electrons. The highest BCUT2D eigenvalue weighted by atomic mass is 16.5. The minimum absolute atomic E-state index is 0.319. The molecule has 1 unspecified atom stereocenters. The van der Waals surface area contributed by atoms with Gasteiger partial charge in [-0.3, -0.25) is 4.79 Å². The van der Waals surface area contributed by atoms with Crippen molar-refractivity contribution in [3.05, 3.63) is 143 Å². The molecular weight excluding hydrogens is 695 g/mol. The standard InChI is InChI=1S/C48H49N5O3/c1-7-51(8-2)31-21-24-38-42(27-31)55-43-28-32(52(9-3)10-4)22-25-39(43)46(38)35-18-14-16-20-37(35)48(54)50-41-30-45-47(36-19-15-13-17-34(36)41)49-40-26-23-33(29-44(40)56-45)53(11-5)12-6/h13-30,42H,7-12H2,1-6H3. The predicted octanol–water partition coefficient (Wildman–Crippen LogP) is 9.88. The first-order valence-electron chi connectivity index (χ1n) is 20.0. The second kappa shape index (κ2) is 15.5. The Bertz CT molecular complexity index is 2590. The van der Waals surface area contributed by atoms with Gasteiger partial charge in [-0.1, -0.05) is 48.5 Å². The number of fused-ring (bicyclic) bond motifs is 6. The molecule has 0 aromatic heterocycles. The zero-order valence-corrected chi connectivity index (χ0v) is 33.2. The minimum atomic E-state index is -0.334. The van der Waals surface area contributed by atoms with E-state index in [2.05, 4.69) is 98.7 Å². The van der Waals surface area contributed by atoms with Crippen molar-refractivity contribution < 1.29 is 13.9 Å². The Morgan fingerprint density at radius 2 is 1.36 bits per heavy atom. The molecule has 0 spiro atoms. The van der Waals surface area contributed by atoms with Crippen molar-refractivity contribution in [2.75, 3.05) is 49.1 Å². The van der Waals surface area contributed by atoms with Gasteiger partial charge in [0, 0.05) is 108 Å². The quantitative estimate of drug-likeness (QED) is 0.0967. The van der Waals surface area contributed by atoms with E-state index < -0.39 is 0 Å². The second-order valence-corrected chi connectivity index (χ2v) is 14.1. The number of hydrogen-bond acceptors (Lipinski definition) is 7. The molecule has 8 heteroatoms. The first-order chi connectivity index (χ1) is 27.4. The van der Waals surface area contributed by atoms with Crippen molar-refractivity contribution in [2.24, 2.45) is 4.99 Å². The van der Waals surface area contributed by atoms with Crippen LogP contribution in [0.15, 0.2) is 130 Å². The van der Waals surface area contributed by atoms with Crippen LogP contribution in [-0.2, 0) is 0 Å². The smallest absolute Gasteiger partial charge is 0.278 e. The molecule has 0 N–H and O–H groups in total. The number of carbonyl (C=O) groups is 1. The van der Waals surface area contributed by atoms with Gasteiger partial charge in [-0.2, -0.15) is 0 Å². The summed E-state index contributed by atoms with van der Waals surface area (Å²) in [6, 6.07) is 30.2. The molecule has 4 aromatic rings. The Morgan fingerprint density at radius 1 is 0.696 bits per heavy atom. The molecule has 0 bridgehead atoms. The van der Waals surface area contributed by atoms with E-state index in [0.29, 0.717) is 22.3 Å². The molecule has 2 aliphatic carbocycles. The predicted molar refractivity (Wildman–Crippen MR) is 229 cm³/mol. The number of likely N-dealkylation sites (N-methyl/N-ethyl adjacent to an activating group) is 1. The number of anilines is 2. The monoisotopic (exact) mass is 743 g/mol. The summed E-state index contributed by atoms with van der Waals surface area (Å²) in [6.45, 7) is 18.3. The number of hydrogen-bond donors (Lipinski definition) is 0. The maximum absolute atomic E-state index is 14.7. The van der Waals surface area contributed by atoms with Crippen molar-refractivity contribution >= 4 is 44.7 Å². The van der Waals surface area contributed by atoms with Crippen LogP contribution in [0.5, 0.6) is 5.75 Å². The summed E-state index contributed by atoms with van der Waals surface area (Å²) >= 11 is 0. The third-order valence-electron chi connectivity index (χ3n) is 11.2. The maximum atomic E-state index is 14.7. The summed E-state index contributed by atoms with van der Waals surface area (Å²) < 4.78 is 13.4. The Kier molecular flexibility index (Phi) is 10.2. The fraction of sp³-hybridized carbons (Fsp3) is 0.271. The number of ether oxygens (including phenoxy) is 1. The molecule has 0 saturated heterocycles. The van der Waals surface area contributed by atoms with Crippen molar-refractivity contribution in [1.29, 1.82) is 0 Å². The van der Waals surface area contributed by atoms with Crippen LogP contribution >= 0.6 is 0 Å². The lowest BCUT2D eigenvalue weighted by Gasteiger charge is -2.34. The van der Waals surface area contributed by atoms with Gasteiger partial charge in [0.25, 0.3) is 5.91 Å². The lowest BCUT2D eigenvalue weighted by molar-refractivity contribution is 0.0998. The van der Waals surface area contributed by atoms with Gasteiger partial charge in [0.15, 0.2) is 11.3 Å². The second-order valence-electron chi connectivity index (χ2n) is 14.1. The van der Waals surface area contributed by atoms with Crippen LogP contribution in [0.2, 0.25) is 0 Å². The van der Waals surface area contributed by atoms with Crippen molar-refractivity contribution in [3.63, 3.8) is 0 Å². The maximum Gasteiger partial charge on any atom is 0.278 e. The van der Waals surface area contributed by atoms with Crippen molar-refractivity contribution in [3.8, 4) is 17.2 Å². The lowest BCUT2D eigenvalue weighted by atomic mass is 9.83. The van der Waals surface area contributed by atoms with Gasteiger partial charge in [-0.05, 0) is 89.6 Å². The molecule has 4 aromatic carbocycles. The lowest BCUT2D eigenvalue weighted by Crippen LogP contribution is -2.30. The van der Waals surface area contributed by atoms with Crippen LogP contribution in [0.1, 0.15) is 63.0 Å². The van der Waals surface area contributed by atoms with E-state index in [1.54, 1.807) is 0 Å². The Morgan fingerprint density at radius 3 is 2.09 bits per heavy atom. The van der Waals surface area contributed by atoms with Gasteiger partial charge >= 0.3 is 0 Å². The summed E-state index contributed by atoms with van der Waals surface area (Å²) in [5, 5.41) is 2.25. The summed E-state index contributed by atoms with van der Waals surface area (Å²) in [5.74, 6) is 1.04. The van der Waals surface area contributed by atoms with E-state index in [4.69, 9.17) is 19.1 Å². The third kappa shape index (κ3) is 6.53. The summed E-state index contributed by atoms with van der Waals surface area (Å²) in [5.41, 5.74) is 9.79. The SMILES string of the molecule is CCN(CC)C1=CC2Oc3cc(N(CC)CC)ccc3C(c3ccccc3C(=O)N=c3cc4oc5cc(N(CC)CC)ccc5nc-4c4ccccc34)=C2C=C1. The van der Waals surface area contributed by atoms with Crippen LogP contribution in [0.4, 0.5) is 11.4 Å². The van der Waals surface area contributed by atoms with Gasteiger partial charge in [0.05, 0.1) is 5.36 Å². The Balaban J connectivity index is 1.29. The van der Waals surface area contributed by atoms with Gasteiger partial charge in [0.2, 0.25) is 0 Å². The molecule has 2 heterocycles.